The summed E-state index contributed by atoms with van der Waals surface area (Å²) in [5.74, 6) is -0.158. The number of amides is 1. The van der Waals surface area contributed by atoms with Crippen molar-refractivity contribution >= 4 is 5.91 Å². The summed E-state index contributed by atoms with van der Waals surface area (Å²) in [5.41, 5.74) is 5.80. The number of nitrogens with two attached hydrogens (primary N) is 1. The van der Waals surface area contributed by atoms with Crippen molar-refractivity contribution in [2.24, 2.45) is 5.73 Å². The van der Waals surface area contributed by atoms with Gasteiger partial charge in [-0.2, -0.15) is 0 Å². The van der Waals surface area contributed by atoms with E-state index in [1.165, 1.54) is 0 Å². The van der Waals surface area contributed by atoms with E-state index in [4.69, 9.17) is 5.73 Å². The lowest BCUT2D eigenvalue weighted by Crippen LogP contribution is -2.48. The third-order valence-corrected chi connectivity index (χ3v) is 1.79. The number of nitrogens with one attached hydrogen (secondary N) is 1. The highest BCUT2D eigenvalue weighted by atomic mass is 16.2. The Morgan fingerprint density at radius 3 is 2.57 bits per heavy atom. The van der Waals surface area contributed by atoms with Gasteiger partial charge in [0.1, 0.15) is 0 Å². The standard InChI is InChI=1S/C10H15N3O/c1-10(2,11)9(14)13-7-8-3-5-12-6-4-8/h3-6H,7,11H2,1-2H3,(H,13,14). The van der Waals surface area contributed by atoms with Crippen LogP contribution in [0.3, 0.4) is 0 Å². The SMILES string of the molecule is CC(C)(N)C(=O)NCc1ccncc1. The lowest BCUT2D eigenvalue weighted by atomic mass is 10.1. The molecule has 1 amide bonds. The predicted octanol–water partition coefficient (Wildman–Crippen LogP) is 0.435. The summed E-state index contributed by atoms with van der Waals surface area (Å²) in [6.07, 6.45) is 3.38. The van der Waals surface area contributed by atoms with E-state index in [9.17, 15) is 4.79 Å². The van der Waals surface area contributed by atoms with Crippen LogP contribution in [-0.4, -0.2) is 16.4 Å². The van der Waals surface area contributed by atoms with Crippen molar-refractivity contribution in [2.75, 3.05) is 0 Å². The van der Waals surface area contributed by atoms with Gasteiger partial charge in [-0.1, -0.05) is 0 Å². The van der Waals surface area contributed by atoms with Crippen LogP contribution in [0.1, 0.15) is 19.4 Å². The zero-order chi connectivity index (χ0) is 10.6. The molecule has 14 heavy (non-hydrogen) atoms. The monoisotopic (exact) mass is 193 g/mol. The van der Waals surface area contributed by atoms with Crippen molar-refractivity contribution in [2.45, 2.75) is 25.9 Å². The molecular formula is C10H15N3O. The Morgan fingerprint density at radius 2 is 2.07 bits per heavy atom. The summed E-state index contributed by atoms with van der Waals surface area (Å²) in [6, 6.07) is 3.70. The fraction of sp³-hybridized carbons (Fsp3) is 0.400. The smallest absolute Gasteiger partial charge is 0.239 e. The first-order valence-electron chi connectivity index (χ1n) is 4.46. The Hall–Kier alpha value is -1.42. The fourth-order valence-electron chi connectivity index (χ4n) is 0.911. The van der Waals surface area contributed by atoms with Crippen molar-refractivity contribution in [1.29, 1.82) is 0 Å². The topological polar surface area (TPSA) is 68.0 Å². The van der Waals surface area contributed by atoms with E-state index in [0.717, 1.165) is 5.56 Å². The van der Waals surface area contributed by atoms with E-state index in [2.05, 4.69) is 10.3 Å². The van der Waals surface area contributed by atoms with Crippen LogP contribution in [-0.2, 0) is 11.3 Å². The number of aromatic nitrogens is 1. The third-order valence-electron chi connectivity index (χ3n) is 1.79. The van der Waals surface area contributed by atoms with Crippen molar-refractivity contribution in [3.05, 3.63) is 30.1 Å². The molecule has 0 saturated heterocycles. The van der Waals surface area contributed by atoms with E-state index < -0.39 is 5.54 Å². The molecule has 1 rings (SSSR count). The fourth-order valence-corrected chi connectivity index (χ4v) is 0.911. The van der Waals surface area contributed by atoms with Crippen LogP contribution >= 0.6 is 0 Å². The first-order chi connectivity index (χ1) is 6.50. The van der Waals surface area contributed by atoms with Gasteiger partial charge >= 0.3 is 0 Å². The molecule has 1 heterocycles. The van der Waals surface area contributed by atoms with E-state index in [-0.39, 0.29) is 5.91 Å². The molecule has 0 aromatic carbocycles. The normalized spacial score (nSPS) is 11.1. The molecular weight excluding hydrogens is 178 g/mol. The maximum atomic E-state index is 11.4. The maximum absolute atomic E-state index is 11.4. The Balaban J connectivity index is 2.46. The number of rotatable bonds is 3. The second-order valence-corrected chi connectivity index (χ2v) is 3.76. The van der Waals surface area contributed by atoms with Crippen molar-refractivity contribution < 1.29 is 4.79 Å². The van der Waals surface area contributed by atoms with Crippen molar-refractivity contribution in [3.8, 4) is 0 Å². The second-order valence-electron chi connectivity index (χ2n) is 3.76. The highest BCUT2D eigenvalue weighted by molar-refractivity contribution is 5.84. The van der Waals surface area contributed by atoms with Crippen LogP contribution in [0.15, 0.2) is 24.5 Å². The van der Waals surface area contributed by atoms with Gasteiger partial charge in [0.05, 0.1) is 5.54 Å². The predicted molar refractivity (Wildman–Crippen MR) is 54.4 cm³/mol. The molecule has 76 valence electrons. The maximum Gasteiger partial charge on any atom is 0.239 e. The molecule has 1 aromatic heterocycles. The molecule has 0 spiro atoms. The zero-order valence-corrected chi connectivity index (χ0v) is 8.45. The Bertz CT molecular complexity index is 303. The van der Waals surface area contributed by atoms with Crippen molar-refractivity contribution in [3.63, 3.8) is 0 Å². The van der Waals surface area contributed by atoms with Gasteiger partial charge in [0, 0.05) is 18.9 Å². The lowest BCUT2D eigenvalue weighted by Gasteiger charge is -2.17. The minimum absolute atomic E-state index is 0.158. The van der Waals surface area contributed by atoms with E-state index in [1.807, 2.05) is 12.1 Å². The average Bonchev–Trinajstić information content (AvgIpc) is 2.14. The molecule has 0 aliphatic heterocycles. The van der Waals surface area contributed by atoms with Gasteiger partial charge in [-0.15, -0.1) is 0 Å². The van der Waals surface area contributed by atoms with E-state index in [0.29, 0.717) is 6.54 Å². The van der Waals surface area contributed by atoms with Crippen LogP contribution in [0, 0.1) is 0 Å². The Kier molecular flexibility index (Phi) is 3.19. The zero-order valence-electron chi connectivity index (χ0n) is 8.45. The number of hydrogen-bond donors (Lipinski definition) is 2. The molecule has 4 heteroatoms. The van der Waals surface area contributed by atoms with Crippen LogP contribution in [0.4, 0.5) is 0 Å². The first kappa shape index (κ1) is 10.7. The van der Waals surface area contributed by atoms with Crippen LogP contribution in [0.5, 0.6) is 0 Å². The number of carbonyl (C=O) groups excluding carboxylic acids is 1. The number of pyridine rings is 1. The molecule has 0 aliphatic rings. The summed E-state index contributed by atoms with van der Waals surface area (Å²) in [4.78, 5) is 15.3. The molecule has 0 fully saturated rings. The van der Waals surface area contributed by atoms with Gasteiger partial charge in [0.25, 0.3) is 0 Å². The van der Waals surface area contributed by atoms with Crippen LogP contribution < -0.4 is 11.1 Å². The number of hydrogen-bond acceptors (Lipinski definition) is 3. The second kappa shape index (κ2) is 4.19. The van der Waals surface area contributed by atoms with E-state index in [1.54, 1.807) is 26.2 Å². The third kappa shape index (κ3) is 3.14. The number of carbonyl (C=O) groups is 1. The first-order valence-corrected chi connectivity index (χ1v) is 4.46. The Labute approximate surface area is 83.5 Å². The highest BCUT2D eigenvalue weighted by Crippen LogP contribution is 1.99. The van der Waals surface area contributed by atoms with Crippen molar-refractivity contribution in [1.82, 2.24) is 10.3 Å². The summed E-state index contributed by atoms with van der Waals surface area (Å²) in [5, 5.41) is 2.75. The van der Waals surface area contributed by atoms with Crippen LogP contribution in [0.25, 0.3) is 0 Å². The lowest BCUT2D eigenvalue weighted by molar-refractivity contribution is -0.125. The molecule has 0 saturated carbocycles. The molecule has 0 aliphatic carbocycles. The molecule has 3 N–H and O–H groups in total. The summed E-state index contributed by atoms with van der Waals surface area (Å²) in [6.45, 7) is 3.84. The number of nitrogens with zero attached hydrogens (tertiary/aromatic N) is 1. The molecule has 0 bridgehead atoms. The minimum atomic E-state index is -0.826. The van der Waals surface area contributed by atoms with Gasteiger partial charge in [0.2, 0.25) is 5.91 Å². The molecule has 4 nitrogen and oxygen atoms in total. The molecule has 0 atom stereocenters. The summed E-state index contributed by atoms with van der Waals surface area (Å²) < 4.78 is 0. The molecule has 0 radical (unpaired) electrons. The van der Waals surface area contributed by atoms with Gasteiger partial charge in [-0.05, 0) is 31.5 Å². The van der Waals surface area contributed by atoms with E-state index >= 15 is 0 Å². The highest BCUT2D eigenvalue weighted by Gasteiger charge is 2.20. The largest absolute Gasteiger partial charge is 0.350 e. The van der Waals surface area contributed by atoms with Gasteiger partial charge in [-0.3, -0.25) is 9.78 Å². The summed E-state index contributed by atoms with van der Waals surface area (Å²) >= 11 is 0. The summed E-state index contributed by atoms with van der Waals surface area (Å²) in [7, 11) is 0. The quantitative estimate of drug-likeness (QED) is 0.731. The molecule has 0 unspecified atom stereocenters. The van der Waals surface area contributed by atoms with Gasteiger partial charge < -0.3 is 11.1 Å². The van der Waals surface area contributed by atoms with Gasteiger partial charge in [0.15, 0.2) is 0 Å². The average molecular weight is 193 g/mol. The minimum Gasteiger partial charge on any atom is -0.350 e. The van der Waals surface area contributed by atoms with Crippen LogP contribution in [0.2, 0.25) is 0 Å². The molecule has 1 aromatic rings. The Morgan fingerprint density at radius 1 is 1.50 bits per heavy atom. The van der Waals surface area contributed by atoms with Gasteiger partial charge in [-0.25, -0.2) is 0 Å².